The molecule has 1 aliphatic rings. The first-order valence-electron chi connectivity index (χ1n) is 7.72. The number of nitrogens with one attached hydrogen (secondary N) is 1. The molecule has 1 aliphatic heterocycles. The van der Waals surface area contributed by atoms with E-state index in [9.17, 15) is 22.8 Å². The number of hydrogen-bond donors (Lipinski definition) is 1. The van der Waals surface area contributed by atoms with Crippen LogP contribution in [0.3, 0.4) is 0 Å². The summed E-state index contributed by atoms with van der Waals surface area (Å²) in [5, 5.41) is 6.71. The van der Waals surface area contributed by atoms with Crippen LogP contribution in [0.2, 0.25) is 0 Å². The Hall–Kier alpha value is -2.06. The summed E-state index contributed by atoms with van der Waals surface area (Å²) in [6, 6.07) is -0.539. The van der Waals surface area contributed by atoms with Crippen molar-refractivity contribution < 1.29 is 22.8 Å². The molecule has 134 valence electrons. The molecule has 0 aromatic carbocycles. The predicted octanol–water partition coefficient (Wildman–Crippen LogP) is 1.56. The molecular weight excluding hydrogens is 325 g/mol. The number of likely N-dealkylation sites (tertiary alicyclic amines) is 1. The molecule has 0 radical (unpaired) electrons. The van der Waals surface area contributed by atoms with Crippen molar-refractivity contribution >= 4 is 11.8 Å². The molecule has 0 unspecified atom stereocenters. The molecule has 2 amide bonds. The normalized spacial score (nSPS) is 21.7. The number of carbonyl (C=O) groups is 2. The first kappa shape index (κ1) is 18.3. The number of rotatable bonds is 3. The van der Waals surface area contributed by atoms with Gasteiger partial charge in [-0.25, -0.2) is 0 Å². The Kier molecular flexibility index (Phi) is 5.19. The highest BCUT2D eigenvalue weighted by Gasteiger charge is 2.48. The summed E-state index contributed by atoms with van der Waals surface area (Å²) in [7, 11) is 0. The number of aryl methyl sites for hydroxylation is 2. The molecule has 0 saturated carbocycles. The minimum absolute atomic E-state index is 0.151. The molecule has 6 nitrogen and oxygen atoms in total. The van der Waals surface area contributed by atoms with Gasteiger partial charge < -0.3 is 10.2 Å². The second kappa shape index (κ2) is 6.82. The lowest BCUT2D eigenvalue weighted by Gasteiger charge is -2.40. The average Bonchev–Trinajstić information content (AvgIpc) is 2.74. The van der Waals surface area contributed by atoms with Crippen molar-refractivity contribution in [3.05, 3.63) is 17.5 Å². The number of halogens is 3. The smallest absolute Gasteiger partial charge is 0.352 e. The molecular formula is C15H21F3N4O2. The lowest BCUT2D eigenvalue weighted by atomic mass is 9.97. The molecule has 2 rings (SSSR count). The molecule has 1 aromatic heterocycles. The van der Waals surface area contributed by atoms with Crippen molar-refractivity contribution in [1.82, 2.24) is 20.0 Å². The van der Waals surface area contributed by atoms with Crippen LogP contribution in [-0.2, 0) is 16.1 Å². The van der Waals surface area contributed by atoms with E-state index in [4.69, 9.17) is 0 Å². The van der Waals surface area contributed by atoms with Crippen LogP contribution in [0.15, 0.2) is 6.07 Å². The predicted molar refractivity (Wildman–Crippen MR) is 80.1 cm³/mol. The minimum Gasteiger partial charge on any atom is -0.352 e. The van der Waals surface area contributed by atoms with E-state index in [1.807, 2.05) is 0 Å². The molecule has 24 heavy (non-hydrogen) atoms. The molecule has 2 heterocycles. The van der Waals surface area contributed by atoms with Gasteiger partial charge in [0.2, 0.25) is 11.8 Å². The SMILES string of the molecule is CC(=O)N[C@@H]1CC[C@@H](C(F)(F)F)N(C(=O)Cn2nc(C)cc2C)C1. The van der Waals surface area contributed by atoms with Crippen molar-refractivity contribution in [3.63, 3.8) is 0 Å². The van der Waals surface area contributed by atoms with E-state index < -0.39 is 24.2 Å². The lowest BCUT2D eigenvalue weighted by Crippen LogP contribution is -2.58. The number of amides is 2. The first-order valence-corrected chi connectivity index (χ1v) is 7.72. The third-order valence-electron chi connectivity index (χ3n) is 4.08. The lowest BCUT2D eigenvalue weighted by molar-refractivity contribution is -0.197. The van der Waals surface area contributed by atoms with Gasteiger partial charge in [-0.2, -0.15) is 18.3 Å². The molecule has 1 N–H and O–H groups in total. The largest absolute Gasteiger partial charge is 0.408 e. The Morgan fingerprint density at radius 3 is 2.50 bits per heavy atom. The number of aromatic nitrogens is 2. The van der Waals surface area contributed by atoms with E-state index in [-0.39, 0.29) is 31.8 Å². The fourth-order valence-corrected chi connectivity index (χ4v) is 3.05. The van der Waals surface area contributed by atoms with Crippen LogP contribution in [0.25, 0.3) is 0 Å². The molecule has 2 atom stereocenters. The Morgan fingerprint density at radius 2 is 2.00 bits per heavy atom. The van der Waals surface area contributed by atoms with Gasteiger partial charge in [0.15, 0.2) is 0 Å². The zero-order valence-electron chi connectivity index (χ0n) is 13.9. The Balaban J connectivity index is 2.17. The Bertz CT molecular complexity index is 627. The molecule has 9 heteroatoms. The fourth-order valence-electron chi connectivity index (χ4n) is 3.05. The van der Waals surface area contributed by atoms with Crippen LogP contribution in [0.5, 0.6) is 0 Å². The number of hydrogen-bond acceptors (Lipinski definition) is 3. The van der Waals surface area contributed by atoms with Gasteiger partial charge in [0.1, 0.15) is 12.6 Å². The van der Waals surface area contributed by atoms with Crippen LogP contribution >= 0.6 is 0 Å². The second-order valence-electron chi connectivity index (χ2n) is 6.16. The first-order chi connectivity index (χ1) is 11.1. The Labute approximate surface area is 138 Å². The third kappa shape index (κ3) is 4.27. The van der Waals surface area contributed by atoms with Gasteiger partial charge in [-0.1, -0.05) is 0 Å². The van der Waals surface area contributed by atoms with Crippen molar-refractivity contribution in [1.29, 1.82) is 0 Å². The van der Waals surface area contributed by atoms with Gasteiger partial charge in [-0.3, -0.25) is 14.3 Å². The van der Waals surface area contributed by atoms with E-state index in [0.717, 1.165) is 4.90 Å². The molecule has 0 bridgehead atoms. The molecule has 0 spiro atoms. The summed E-state index contributed by atoms with van der Waals surface area (Å²) in [6.07, 6.45) is -4.53. The minimum atomic E-state index is -4.49. The van der Waals surface area contributed by atoms with Crippen molar-refractivity contribution in [2.24, 2.45) is 0 Å². The summed E-state index contributed by atoms with van der Waals surface area (Å²) in [4.78, 5) is 24.4. The quantitative estimate of drug-likeness (QED) is 0.903. The Morgan fingerprint density at radius 1 is 1.33 bits per heavy atom. The highest BCUT2D eigenvalue weighted by Crippen LogP contribution is 2.32. The van der Waals surface area contributed by atoms with Crippen LogP contribution in [0, 0.1) is 13.8 Å². The fraction of sp³-hybridized carbons (Fsp3) is 0.667. The van der Waals surface area contributed by atoms with E-state index in [1.165, 1.54) is 11.6 Å². The molecule has 1 fully saturated rings. The average molecular weight is 346 g/mol. The highest BCUT2D eigenvalue weighted by atomic mass is 19.4. The van der Waals surface area contributed by atoms with Gasteiger partial charge in [0.25, 0.3) is 0 Å². The number of alkyl halides is 3. The van der Waals surface area contributed by atoms with E-state index in [1.54, 1.807) is 19.9 Å². The van der Waals surface area contributed by atoms with Crippen molar-refractivity contribution in [3.8, 4) is 0 Å². The topological polar surface area (TPSA) is 67.2 Å². The molecule has 1 aromatic rings. The van der Waals surface area contributed by atoms with Crippen LogP contribution in [0.4, 0.5) is 13.2 Å². The maximum Gasteiger partial charge on any atom is 0.408 e. The number of piperidine rings is 1. The van der Waals surface area contributed by atoms with Crippen molar-refractivity contribution in [2.75, 3.05) is 6.54 Å². The van der Waals surface area contributed by atoms with Crippen LogP contribution < -0.4 is 5.32 Å². The highest BCUT2D eigenvalue weighted by molar-refractivity contribution is 5.77. The third-order valence-corrected chi connectivity index (χ3v) is 4.08. The van der Waals surface area contributed by atoms with Gasteiger partial charge >= 0.3 is 6.18 Å². The van der Waals surface area contributed by atoms with E-state index in [0.29, 0.717) is 11.4 Å². The standard InChI is InChI=1S/C15H21F3N4O2/c1-9-6-10(2)22(20-9)8-14(24)21-7-12(19-11(3)23)4-5-13(21)15(16,17)18/h6,12-13H,4-5,7-8H2,1-3H3,(H,19,23)/t12-,13+/m1/s1. The second-order valence-corrected chi connectivity index (χ2v) is 6.16. The number of nitrogens with zero attached hydrogens (tertiary/aromatic N) is 3. The molecule has 1 saturated heterocycles. The monoisotopic (exact) mass is 346 g/mol. The summed E-state index contributed by atoms with van der Waals surface area (Å²) < 4.78 is 41.2. The zero-order valence-corrected chi connectivity index (χ0v) is 13.9. The maximum atomic E-state index is 13.3. The summed E-state index contributed by atoms with van der Waals surface area (Å²) in [5.74, 6) is -0.977. The van der Waals surface area contributed by atoms with Gasteiger partial charge in [0.05, 0.1) is 5.69 Å². The van der Waals surface area contributed by atoms with Gasteiger partial charge in [-0.05, 0) is 32.8 Å². The van der Waals surface area contributed by atoms with E-state index in [2.05, 4.69) is 10.4 Å². The van der Waals surface area contributed by atoms with Gasteiger partial charge in [0, 0.05) is 25.2 Å². The van der Waals surface area contributed by atoms with Gasteiger partial charge in [-0.15, -0.1) is 0 Å². The molecule has 0 aliphatic carbocycles. The summed E-state index contributed by atoms with van der Waals surface area (Å²) in [6.45, 7) is 4.39. The van der Waals surface area contributed by atoms with E-state index >= 15 is 0 Å². The maximum absolute atomic E-state index is 13.3. The van der Waals surface area contributed by atoms with Crippen molar-refractivity contribution in [2.45, 2.75) is 58.4 Å². The van der Waals surface area contributed by atoms with Crippen LogP contribution in [-0.4, -0.2) is 51.3 Å². The number of carbonyl (C=O) groups excluding carboxylic acids is 2. The van der Waals surface area contributed by atoms with Crippen LogP contribution in [0.1, 0.15) is 31.2 Å². The summed E-state index contributed by atoms with van der Waals surface area (Å²) >= 11 is 0. The zero-order chi connectivity index (χ0) is 18.1. The summed E-state index contributed by atoms with van der Waals surface area (Å²) in [5.41, 5.74) is 1.40.